The predicted molar refractivity (Wildman–Crippen MR) is 109 cm³/mol. The van der Waals surface area contributed by atoms with Gasteiger partial charge in [-0.15, -0.1) is 0 Å². The zero-order chi connectivity index (χ0) is 20.4. The average Bonchev–Trinajstić information content (AvgIpc) is 2.93. The molecule has 3 rings (SSSR count). The number of methoxy groups -OCH3 is 1. The van der Waals surface area contributed by atoms with Crippen LogP contribution in [0.15, 0.2) is 48.0 Å². The highest BCUT2D eigenvalue weighted by atomic mass is 35.5. The molecule has 0 saturated carbocycles. The molecule has 1 heterocycles. The van der Waals surface area contributed by atoms with Crippen molar-refractivity contribution in [1.82, 2.24) is 4.90 Å². The van der Waals surface area contributed by atoms with E-state index in [4.69, 9.17) is 27.9 Å². The summed E-state index contributed by atoms with van der Waals surface area (Å²) in [6.45, 7) is 2.31. The highest BCUT2D eigenvalue weighted by Gasteiger charge is 2.45. The lowest BCUT2D eigenvalue weighted by atomic mass is 9.95. The summed E-state index contributed by atoms with van der Waals surface area (Å²) < 4.78 is 5.12. The Hall–Kier alpha value is -2.50. The fourth-order valence-electron chi connectivity index (χ4n) is 3.38. The first-order valence-electron chi connectivity index (χ1n) is 8.77. The minimum atomic E-state index is -0.733. The number of amides is 1. The summed E-state index contributed by atoms with van der Waals surface area (Å²) >= 11 is 12.4. The molecule has 1 unspecified atom stereocenters. The number of likely N-dealkylation sites (tertiary alicyclic amines) is 1. The van der Waals surface area contributed by atoms with Gasteiger partial charge in [-0.2, -0.15) is 0 Å². The third-order valence-electron chi connectivity index (χ3n) is 4.60. The van der Waals surface area contributed by atoms with Gasteiger partial charge in [0.2, 0.25) is 0 Å². The normalized spacial score (nSPS) is 18.6. The van der Waals surface area contributed by atoms with E-state index in [-0.39, 0.29) is 32.7 Å². The molecule has 0 bridgehead atoms. The van der Waals surface area contributed by atoms with Crippen LogP contribution >= 0.6 is 23.2 Å². The van der Waals surface area contributed by atoms with Gasteiger partial charge in [0.05, 0.1) is 28.8 Å². The van der Waals surface area contributed by atoms with Gasteiger partial charge in [0.1, 0.15) is 5.76 Å². The van der Waals surface area contributed by atoms with E-state index >= 15 is 0 Å². The Balaban J connectivity index is 2.21. The molecule has 2 aromatic rings. The maximum absolute atomic E-state index is 12.8. The highest BCUT2D eigenvalue weighted by Crippen LogP contribution is 2.41. The molecule has 1 saturated heterocycles. The number of rotatable bonds is 5. The number of halogens is 2. The van der Waals surface area contributed by atoms with Crippen LogP contribution in [-0.2, 0) is 9.59 Å². The summed E-state index contributed by atoms with van der Waals surface area (Å²) in [5, 5.41) is 11.3. The Morgan fingerprint density at radius 2 is 1.75 bits per heavy atom. The molecule has 1 aliphatic rings. The lowest BCUT2D eigenvalue weighted by molar-refractivity contribution is -0.139. The van der Waals surface area contributed by atoms with Crippen molar-refractivity contribution < 1.29 is 19.4 Å². The van der Waals surface area contributed by atoms with Crippen LogP contribution in [0.1, 0.15) is 30.5 Å². The van der Waals surface area contributed by atoms with Gasteiger partial charge in [-0.25, -0.2) is 0 Å². The number of aliphatic hydroxyl groups excluding tert-OH is 1. The van der Waals surface area contributed by atoms with Gasteiger partial charge in [-0.05, 0) is 24.1 Å². The second-order valence-electron chi connectivity index (χ2n) is 6.38. The Morgan fingerprint density at radius 1 is 1.14 bits per heavy atom. The van der Waals surface area contributed by atoms with Crippen LogP contribution < -0.4 is 4.74 Å². The summed E-state index contributed by atoms with van der Waals surface area (Å²) in [6.07, 6.45) is 0.677. The second-order valence-corrected chi connectivity index (χ2v) is 7.19. The predicted octanol–water partition coefficient (Wildman–Crippen LogP) is 4.83. The summed E-state index contributed by atoms with van der Waals surface area (Å²) in [7, 11) is 1.43. The number of hydrogen-bond acceptors (Lipinski definition) is 4. The largest absolute Gasteiger partial charge is 0.507 e. The van der Waals surface area contributed by atoms with Gasteiger partial charge in [0, 0.05) is 12.1 Å². The fraction of sp³-hybridized carbons (Fsp3) is 0.238. The van der Waals surface area contributed by atoms with Gasteiger partial charge >= 0.3 is 0 Å². The van der Waals surface area contributed by atoms with Gasteiger partial charge in [-0.3, -0.25) is 9.59 Å². The summed E-state index contributed by atoms with van der Waals surface area (Å²) in [5.74, 6) is -1.42. The van der Waals surface area contributed by atoms with Crippen molar-refractivity contribution in [3.05, 3.63) is 69.2 Å². The monoisotopic (exact) mass is 419 g/mol. The van der Waals surface area contributed by atoms with Crippen LogP contribution in [0.5, 0.6) is 5.75 Å². The molecule has 0 aliphatic carbocycles. The van der Waals surface area contributed by atoms with E-state index in [1.165, 1.54) is 24.1 Å². The molecule has 1 atom stereocenters. The van der Waals surface area contributed by atoms with Crippen LogP contribution in [0, 0.1) is 0 Å². The highest BCUT2D eigenvalue weighted by molar-refractivity contribution is 6.46. The molecular weight excluding hydrogens is 401 g/mol. The van der Waals surface area contributed by atoms with E-state index < -0.39 is 17.7 Å². The van der Waals surface area contributed by atoms with Crippen LogP contribution in [0.3, 0.4) is 0 Å². The molecule has 1 N–H and O–H groups in total. The van der Waals surface area contributed by atoms with Crippen LogP contribution in [0.4, 0.5) is 0 Å². The van der Waals surface area contributed by atoms with E-state index in [9.17, 15) is 14.7 Å². The molecule has 0 aromatic heterocycles. The molecule has 2 aromatic carbocycles. The number of Topliss-reactive ketones (excluding diaryl/α,β-unsaturated/α-hetero) is 1. The number of nitrogens with zero attached hydrogens (tertiary/aromatic N) is 1. The van der Waals surface area contributed by atoms with Crippen molar-refractivity contribution in [2.45, 2.75) is 19.4 Å². The SMILES string of the molecule is CCCN1C(=O)C(=O)/C(=C(/O)c2cc(Cl)c(OC)c(Cl)c2)C1c1ccccc1. The maximum Gasteiger partial charge on any atom is 0.295 e. The standard InChI is InChI=1S/C21H19Cl2NO4/c1-3-9-24-17(12-7-5-4-6-8-12)16(19(26)21(24)27)18(25)13-10-14(22)20(28-2)15(23)11-13/h4-8,10-11,17,25H,3,9H2,1-2H3/b18-16+. The lowest BCUT2D eigenvalue weighted by Crippen LogP contribution is -2.30. The van der Waals surface area contributed by atoms with Crippen molar-refractivity contribution in [2.24, 2.45) is 0 Å². The minimum Gasteiger partial charge on any atom is -0.507 e. The zero-order valence-electron chi connectivity index (χ0n) is 15.4. The van der Waals surface area contributed by atoms with E-state index in [0.29, 0.717) is 13.0 Å². The van der Waals surface area contributed by atoms with Gasteiger partial charge in [0.15, 0.2) is 5.75 Å². The second kappa shape index (κ2) is 8.25. The van der Waals surface area contributed by atoms with Crippen LogP contribution in [-0.4, -0.2) is 35.4 Å². The Morgan fingerprint density at radius 3 is 2.29 bits per heavy atom. The summed E-state index contributed by atoms with van der Waals surface area (Å²) in [4.78, 5) is 26.9. The number of ether oxygens (including phenoxy) is 1. The fourth-order valence-corrected chi connectivity index (χ4v) is 4.02. The smallest absolute Gasteiger partial charge is 0.295 e. The first-order valence-corrected chi connectivity index (χ1v) is 9.53. The zero-order valence-corrected chi connectivity index (χ0v) is 16.9. The Bertz CT molecular complexity index is 933. The number of aliphatic hydroxyl groups is 1. The molecular formula is C21H19Cl2NO4. The van der Waals surface area contributed by atoms with E-state index in [1.54, 1.807) is 0 Å². The van der Waals surface area contributed by atoms with Crippen LogP contribution in [0.2, 0.25) is 10.0 Å². The molecule has 7 heteroatoms. The topological polar surface area (TPSA) is 66.8 Å². The van der Waals surface area contributed by atoms with Crippen LogP contribution in [0.25, 0.3) is 5.76 Å². The third-order valence-corrected chi connectivity index (χ3v) is 5.16. The third kappa shape index (κ3) is 3.48. The average molecular weight is 420 g/mol. The quantitative estimate of drug-likeness (QED) is 0.427. The van der Waals surface area contributed by atoms with Crippen molar-refractivity contribution >= 4 is 40.7 Å². The number of carbonyl (C=O) groups is 2. The Labute approximate surface area is 173 Å². The van der Waals surface area contributed by atoms with Gasteiger partial charge < -0.3 is 14.7 Å². The molecule has 28 heavy (non-hydrogen) atoms. The molecule has 1 aliphatic heterocycles. The Kier molecular flexibility index (Phi) is 5.96. The van der Waals surface area contributed by atoms with Crippen molar-refractivity contribution in [2.75, 3.05) is 13.7 Å². The molecule has 1 fully saturated rings. The van der Waals surface area contributed by atoms with E-state index in [2.05, 4.69) is 0 Å². The summed E-state index contributed by atoms with van der Waals surface area (Å²) in [6, 6.07) is 11.4. The minimum absolute atomic E-state index is 0.0157. The number of benzene rings is 2. The molecule has 1 amide bonds. The van der Waals surface area contributed by atoms with Gasteiger partial charge in [-0.1, -0.05) is 60.5 Å². The van der Waals surface area contributed by atoms with E-state index in [0.717, 1.165) is 5.56 Å². The first-order chi connectivity index (χ1) is 13.4. The maximum atomic E-state index is 12.8. The first kappa shape index (κ1) is 20.2. The molecule has 5 nitrogen and oxygen atoms in total. The molecule has 0 spiro atoms. The number of carbonyl (C=O) groups excluding carboxylic acids is 2. The lowest BCUT2D eigenvalue weighted by Gasteiger charge is -2.24. The van der Waals surface area contributed by atoms with Gasteiger partial charge in [0.25, 0.3) is 11.7 Å². The molecule has 0 radical (unpaired) electrons. The number of hydrogen-bond donors (Lipinski definition) is 1. The van der Waals surface area contributed by atoms with Crippen molar-refractivity contribution in [3.8, 4) is 5.75 Å². The number of ketones is 1. The summed E-state index contributed by atoms with van der Waals surface area (Å²) in [5.41, 5.74) is 0.996. The molecule has 146 valence electrons. The van der Waals surface area contributed by atoms with E-state index in [1.807, 2.05) is 37.3 Å². The van der Waals surface area contributed by atoms with Crippen molar-refractivity contribution in [3.63, 3.8) is 0 Å². The van der Waals surface area contributed by atoms with Crippen molar-refractivity contribution in [1.29, 1.82) is 0 Å².